The van der Waals surface area contributed by atoms with Crippen LogP contribution in [0.15, 0.2) is 188 Å². The number of nitrogen functional groups attached to an aromatic ring is 2. The lowest BCUT2D eigenvalue weighted by Crippen LogP contribution is -2.54. The molecular formula is C62H50N12O7. The van der Waals surface area contributed by atoms with Crippen LogP contribution >= 0.6 is 0 Å². The fourth-order valence-electron chi connectivity index (χ4n) is 9.08. The van der Waals surface area contributed by atoms with E-state index in [4.69, 9.17) is 39.2 Å². The number of β-amino-alcohol motifs (C(OH)–C–C–N with tert-alkyl or cyclic N) is 2. The van der Waals surface area contributed by atoms with Crippen LogP contribution in [0.2, 0.25) is 0 Å². The summed E-state index contributed by atoms with van der Waals surface area (Å²) in [6.45, 7) is 15.1. The quantitative estimate of drug-likeness (QED) is 0.0507. The monoisotopic (exact) mass is 1070 g/mol. The zero-order valence-electron chi connectivity index (χ0n) is 43.2. The molecule has 2 aliphatic rings. The number of fused-ring (bicyclic) bond motifs is 2. The smallest absolute Gasteiger partial charge is 0.302 e. The first-order valence-electron chi connectivity index (χ1n) is 25.4. The van der Waals surface area contributed by atoms with Gasteiger partial charge in [0.1, 0.15) is 53.6 Å². The van der Waals surface area contributed by atoms with Crippen molar-refractivity contribution in [3.05, 3.63) is 222 Å². The van der Waals surface area contributed by atoms with Gasteiger partial charge in [0.25, 0.3) is 18.1 Å². The summed E-state index contributed by atoms with van der Waals surface area (Å²) >= 11 is 0. The van der Waals surface area contributed by atoms with E-state index in [0.717, 1.165) is 62.5 Å². The van der Waals surface area contributed by atoms with Gasteiger partial charge < -0.3 is 54.9 Å². The highest BCUT2D eigenvalue weighted by atomic mass is 16.5. The number of rotatable bonds is 12. The van der Waals surface area contributed by atoms with Crippen LogP contribution in [-0.4, -0.2) is 112 Å². The van der Waals surface area contributed by atoms with E-state index in [0.29, 0.717) is 58.3 Å². The van der Waals surface area contributed by atoms with Crippen molar-refractivity contribution in [3.63, 3.8) is 0 Å². The first-order valence-corrected chi connectivity index (χ1v) is 25.4. The van der Waals surface area contributed by atoms with Gasteiger partial charge in [0.2, 0.25) is 0 Å². The number of carbonyl (C=O) groups excluding carboxylic acids is 3. The molecule has 81 heavy (non-hydrogen) atoms. The summed E-state index contributed by atoms with van der Waals surface area (Å²) < 4.78 is 15.7. The normalized spacial score (nSPS) is 13.1. The molecule has 2 fully saturated rings. The van der Waals surface area contributed by atoms with E-state index in [-0.39, 0.29) is 43.2 Å². The molecule has 0 spiro atoms. The van der Waals surface area contributed by atoms with Crippen LogP contribution in [0.3, 0.4) is 0 Å². The minimum absolute atomic E-state index is 0.00789. The van der Waals surface area contributed by atoms with Crippen molar-refractivity contribution in [2.24, 2.45) is 0 Å². The van der Waals surface area contributed by atoms with Crippen LogP contribution in [0.1, 0.15) is 15.9 Å². The summed E-state index contributed by atoms with van der Waals surface area (Å²) in [7, 11) is 0. The number of carbonyl (C=O) groups is 3. The Morgan fingerprint density at radius 1 is 0.580 bits per heavy atom. The lowest BCUT2D eigenvalue weighted by Gasteiger charge is -2.35. The number of nitrogens with two attached hydrogens (primary N) is 2. The average molecular weight is 1080 g/mol. The predicted molar refractivity (Wildman–Crippen MR) is 307 cm³/mol. The topological polar surface area (TPSA) is 239 Å². The summed E-state index contributed by atoms with van der Waals surface area (Å²) in [6.07, 6.45) is 8.28. The first-order chi connectivity index (χ1) is 39.5. The second-order valence-electron chi connectivity index (χ2n) is 18.7. The number of para-hydroxylation sites is 2. The Balaban J connectivity index is 0.000000159. The molecule has 6 N–H and O–H groups in total. The van der Waals surface area contributed by atoms with E-state index in [9.17, 15) is 19.5 Å². The number of aliphatic hydroxyl groups is 2. The van der Waals surface area contributed by atoms with Crippen molar-refractivity contribution < 1.29 is 34.1 Å². The van der Waals surface area contributed by atoms with Crippen molar-refractivity contribution in [2.45, 2.75) is 12.2 Å². The molecule has 4 aromatic heterocycles. The van der Waals surface area contributed by atoms with E-state index >= 15 is 0 Å². The van der Waals surface area contributed by atoms with Crippen molar-refractivity contribution in [2.75, 3.05) is 44.2 Å². The maximum absolute atomic E-state index is 12.6. The third-order valence-corrected chi connectivity index (χ3v) is 13.2. The summed E-state index contributed by atoms with van der Waals surface area (Å²) in [6, 6.07) is 49.5. The predicted octanol–water partition coefficient (Wildman–Crippen LogP) is 9.31. The van der Waals surface area contributed by atoms with E-state index in [1.165, 1.54) is 22.5 Å². The Labute approximate surface area is 464 Å². The number of benzene rings is 6. The second kappa shape index (κ2) is 24.1. The van der Waals surface area contributed by atoms with Gasteiger partial charge in [0, 0.05) is 66.6 Å². The van der Waals surface area contributed by atoms with Crippen LogP contribution in [0.4, 0.5) is 11.6 Å². The molecule has 0 bridgehead atoms. The van der Waals surface area contributed by atoms with E-state index < -0.39 is 6.10 Å². The highest BCUT2D eigenvalue weighted by Crippen LogP contribution is 2.38. The van der Waals surface area contributed by atoms with Crippen LogP contribution in [0, 0.1) is 13.1 Å². The molecule has 6 aromatic carbocycles. The van der Waals surface area contributed by atoms with E-state index in [2.05, 4.69) is 29.6 Å². The molecule has 0 aliphatic carbocycles. The number of likely N-dealkylation sites (tertiary alicyclic amines) is 2. The number of nitrogens with zero attached hydrogens (tertiary/aromatic N) is 10. The van der Waals surface area contributed by atoms with Crippen molar-refractivity contribution in [1.29, 1.82) is 0 Å². The molecule has 10 aromatic rings. The SMILES string of the molecule is Nc1ncnc2c1c(-c1ccc(Oc3ccccc3)cc1)cn2-c1cccc(C=O)c1.[C-]#[N+]/C(=C\c1cccc(-n2cc(-c3ccc(Oc4ccccc4)cc3)c3c(N)ncnc32)c1)C(=O)N1CC(O)C1.[C-]#[N+]CC(=O)N1CC(O)C1. The molecule has 2 aliphatic heterocycles. The van der Waals surface area contributed by atoms with Crippen LogP contribution in [0.5, 0.6) is 23.0 Å². The molecule has 0 atom stereocenters. The fraction of sp³-hybridized carbons (Fsp3) is 0.113. The lowest BCUT2D eigenvalue weighted by atomic mass is 10.1. The van der Waals surface area contributed by atoms with Gasteiger partial charge >= 0.3 is 5.91 Å². The van der Waals surface area contributed by atoms with Crippen molar-refractivity contribution in [3.8, 4) is 56.6 Å². The van der Waals surface area contributed by atoms with E-state index in [1.54, 1.807) is 12.1 Å². The third-order valence-electron chi connectivity index (χ3n) is 13.2. The molecule has 2 saturated heterocycles. The summed E-state index contributed by atoms with van der Waals surface area (Å²) in [5.41, 5.74) is 20.4. The number of anilines is 2. The molecule has 400 valence electrons. The van der Waals surface area contributed by atoms with Gasteiger partial charge in [-0.05, 0) is 95.6 Å². The molecule has 12 rings (SSSR count). The minimum Gasteiger partial charge on any atom is -0.457 e. The summed E-state index contributed by atoms with van der Waals surface area (Å²) in [4.78, 5) is 61.3. The average Bonchev–Trinajstić information content (AvgIpc) is 4.12. The van der Waals surface area contributed by atoms with Gasteiger partial charge in [-0.25, -0.2) is 31.4 Å². The van der Waals surface area contributed by atoms with Gasteiger partial charge in [0.05, 0.1) is 29.6 Å². The Morgan fingerprint density at radius 2 is 1.02 bits per heavy atom. The molecule has 19 nitrogen and oxygen atoms in total. The highest BCUT2D eigenvalue weighted by molar-refractivity contribution is 6.03. The summed E-state index contributed by atoms with van der Waals surface area (Å²) in [5.74, 6) is 3.16. The molecule has 2 amide bonds. The van der Waals surface area contributed by atoms with Gasteiger partial charge in [-0.1, -0.05) is 84.9 Å². The second-order valence-corrected chi connectivity index (χ2v) is 18.7. The number of hydrogen-bond donors (Lipinski definition) is 4. The summed E-state index contributed by atoms with van der Waals surface area (Å²) in [5, 5.41) is 19.8. The Kier molecular flexibility index (Phi) is 15.9. The number of hydrogen-bond acceptors (Lipinski definition) is 13. The number of amides is 2. The number of aliphatic hydroxyl groups excluding tert-OH is 2. The molecular weight excluding hydrogens is 1020 g/mol. The zero-order valence-corrected chi connectivity index (χ0v) is 43.2. The Morgan fingerprint density at radius 3 is 1.47 bits per heavy atom. The Bertz CT molecular complexity index is 4030. The highest BCUT2D eigenvalue weighted by Gasteiger charge is 2.31. The van der Waals surface area contributed by atoms with Gasteiger partial charge in [-0.2, -0.15) is 0 Å². The van der Waals surface area contributed by atoms with Crippen molar-refractivity contribution >= 4 is 57.9 Å². The standard InChI is InChI=1S/C31H24N6O3.C25H18N4O2.C6H8N2O2/c1-33-27(31(39)36-16-23(38)17-36)15-20-6-5-7-22(14-20)37-18-26(28-29(32)34-19-35-30(28)37)21-10-12-25(13-11-21)40-24-8-3-2-4-9-24;26-24-23-22(18-9-11-21(12-10-18)31-20-7-2-1-3-8-20)14-29(25(23)28-16-27-24)19-6-4-5-17(13-19)15-30;1-7-2-6(10)8-3-5(9)4-8/h2-15,18-19,23,38H,16-17H2,(H2,32,34,35);1-16H,(H2,26,27,28);5,9H,2-4H2/b27-15-;;. The largest absolute Gasteiger partial charge is 0.457 e. The Hall–Kier alpha value is -11.0. The molecule has 0 radical (unpaired) electrons. The lowest BCUT2D eigenvalue weighted by molar-refractivity contribution is -0.139. The minimum atomic E-state index is -0.530. The zero-order chi connectivity index (χ0) is 56.4. The maximum Gasteiger partial charge on any atom is 0.302 e. The maximum atomic E-state index is 12.6. The van der Waals surface area contributed by atoms with Gasteiger partial charge in [-0.15, -0.1) is 0 Å². The van der Waals surface area contributed by atoms with Crippen LogP contribution < -0.4 is 20.9 Å². The van der Waals surface area contributed by atoms with Crippen molar-refractivity contribution in [1.82, 2.24) is 38.9 Å². The van der Waals surface area contributed by atoms with Crippen LogP contribution in [0.25, 0.3) is 71.5 Å². The number of aromatic nitrogens is 6. The third kappa shape index (κ3) is 12.1. The molecule has 19 heteroatoms. The molecule has 6 heterocycles. The van der Waals surface area contributed by atoms with Crippen LogP contribution in [-0.2, 0) is 9.59 Å². The fourth-order valence-corrected chi connectivity index (χ4v) is 9.08. The van der Waals surface area contributed by atoms with Gasteiger partial charge in [0.15, 0.2) is 11.3 Å². The molecule has 0 saturated carbocycles. The number of ether oxygens (including phenoxy) is 2. The first kappa shape index (κ1) is 53.4. The van der Waals surface area contributed by atoms with E-state index in [1.807, 2.05) is 173 Å². The van der Waals surface area contributed by atoms with Gasteiger partial charge in [-0.3, -0.25) is 14.4 Å². The molecule has 0 unspecified atom stereocenters. The number of aldehydes is 1.